The summed E-state index contributed by atoms with van der Waals surface area (Å²) in [6.45, 7) is 1.37. The van der Waals surface area contributed by atoms with E-state index in [9.17, 15) is 14.5 Å². The lowest BCUT2D eigenvalue weighted by molar-refractivity contribution is -0.387. The molecule has 0 amide bonds. The lowest BCUT2D eigenvalue weighted by Crippen LogP contribution is -1.97. The summed E-state index contributed by atoms with van der Waals surface area (Å²) in [6, 6.07) is 1.03. The zero-order valence-corrected chi connectivity index (χ0v) is 7.63. The molecule has 1 rings (SSSR count). The molecule has 0 saturated carbocycles. The fourth-order valence-corrected chi connectivity index (χ4v) is 1.22. The van der Waals surface area contributed by atoms with Gasteiger partial charge < -0.3 is 0 Å². The molecule has 12 heavy (non-hydrogen) atoms. The average Bonchev–Trinajstić information content (AvgIpc) is 1.96. The lowest BCUT2D eigenvalue weighted by Gasteiger charge is -1.97. The Labute approximate surface area is 75.7 Å². The molecule has 1 heterocycles. The van der Waals surface area contributed by atoms with Gasteiger partial charge in [0.25, 0.3) is 0 Å². The standard InChI is InChI=1S/C6H4BrFN2O2/c1-3-6(8)4(10(11)12)2-5(7)9-3/h2H,1H3. The number of halogens is 2. The van der Waals surface area contributed by atoms with Crippen molar-refractivity contribution in [3.8, 4) is 0 Å². The van der Waals surface area contributed by atoms with Gasteiger partial charge in [-0.25, -0.2) is 4.98 Å². The Balaban J connectivity index is 3.37. The van der Waals surface area contributed by atoms with Crippen LogP contribution in [0.25, 0.3) is 0 Å². The molecule has 0 atom stereocenters. The summed E-state index contributed by atoms with van der Waals surface area (Å²) < 4.78 is 13.2. The summed E-state index contributed by atoms with van der Waals surface area (Å²) in [7, 11) is 0. The maximum atomic E-state index is 12.9. The summed E-state index contributed by atoms with van der Waals surface area (Å²) in [5.41, 5.74) is -0.551. The van der Waals surface area contributed by atoms with Crippen molar-refractivity contribution in [3.63, 3.8) is 0 Å². The number of nitro groups is 1. The van der Waals surface area contributed by atoms with Crippen molar-refractivity contribution in [2.45, 2.75) is 6.92 Å². The molecule has 0 aliphatic carbocycles. The van der Waals surface area contributed by atoms with Crippen molar-refractivity contribution in [1.82, 2.24) is 4.98 Å². The minimum atomic E-state index is -0.886. The molecule has 0 aliphatic rings. The molecule has 0 unspecified atom stereocenters. The number of hydrogen-bond donors (Lipinski definition) is 0. The molecule has 0 aliphatic heterocycles. The van der Waals surface area contributed by atoms with Crippen LogP contribution in [0.2, 0.25) is 0 Å². The highest BCUT2D eigenvalue weighted by Gasteiger charge is 2.17. The second kappa shape index (κ2) is 3.14. The smallest absolute Gasteiger partial charge is 0.258 e. The van der Waals surface area contributed by atoms with Crippen LogP contribution >= 0.6 is 15.9 Å². The van der Waals surface area contributed by atoms with E-state index in [1.54, 1.807) is 0 Å². The molecule has 0 bridgehead atoms. The molecule has 6 heteroatoms. The normalized spacial score (nSPS) is 9.92. The van der Waals surface area contributed by atoms with Crippen molar-refractivity contribution < 1.29 is 9.31 Å². The summed E-state index contributed by atoms with van der Waals surface area (Å²) in [4.78, 5) is 13.1. The average molecular weight is 235 g/mol. The van der Waals surface area contributed by atoms with E-state index in [4.69, 9.17) is 0 Å². The highest BCUT2D eigenvalue weighted by atomic mass is 79.9. The predicted molar refractivity (Wildman–Crippen MR) is 43.3 cm³/mol. The summed E-state index contributed by atoms with van der Waals surface area (Å²) in [6.07, 6.45) is 0. The van der Waals surface area contributed by atoms with Crippen LogP contribution in [-0.4, -0.2) is 9.91 Å². The van der Waals surface area contributed by atoms with Gasteiger partial charge in [0.05, 0.1) is 16.7 Å². The predicted octanol–water partition coefficient (Wildman–Crippen LogP) is 2.20. The van der Waals surface area contributed by atoms with Gasteiger partial charge in [0, 0.05) is 0 Å². The zero-order chi connectivity index (χ0) is 9.30. The van der Waals surface area contributed by atoms with Gasteiger partial charge in [0.2, 0.25) is 5.82 Å². The second-order valence-corrected chi connectivity index (χ2v) is 2.93. The van der Waals surface area contributed by atoms with Gasteiger partial charge in [-0.05, 0) is 22.9 Å². The monoisotopic (exact) mass is 234 g/mol. The van der Waals surface area contributed by atoms with E-state index in [1.807, 2.05) is 0 Å². The third kappa shape index (κ3) is 1.58. The van der Waals surface area contributed by atoms with Gasteiger partial charge in [0.15, 0.2) is 0 Å². The molecule has 1 aromatic rings. The van der Waals surface area contributed by atoms with Crippen molar-refractivity contribution in [3.05, 3.63) is 32.3 Å². The number of aromatic nitrogens is 1. The van der Waals surface area contributed by atoms with Gasteiger partial charge in [-0.15, -0.1) is 0 Å². The largest absolute Gasteiger partial charge is 0.309 e. The molecule has 0 spiro atoms. The molecular formula is C6H4BrFN2O2. The highest BCUT2D eigenvalue weighted by molar-refractivity contribution is 9.10. The zero-order valence-electron chi connectivity index (χ0n) is 6.04. The molecular weight excluding hydrogens is 231 g/mol. The molecule has 1 aromatic heterocycles. The van der Waals surface area contributed by atoms with Crippen molar-refractivity contribution in [2.75, 3.05) is 0 Å². The van der Waals surface area contributed by atoms with Crippen LogP contribution in [0.15, 0.2) is 10.7 Å². The van der Waals surface area contributed by atoms with Gasteiger partial charge >= 0.3 is 5.69 Å². The van der Waals surface area contributed by atoms with Gasteiger partial charge in [-0.1, -0.05) is 0 Å². The van der Waals surface area contributed by atoms with Crippen LogP contribution < -0.4 is 0 Å². The first-order valence-corrected chi connectivity index (χ1v) is 3.78. The Morgan fingerprint density at radius 2 is 2.33 bits per heavy atom. The minimum Gasteiger partial charge on any atom is -0.258 e. The molecule has 0 aromatic carbocycles. The van der Waals surface area contributed by atoms with E-state index in [2.05, 4.69) is 20.9 Å². The first-order valence-electron chi connectivity index (χ1n) is 2.99. The first kappa shape index (κ1) is 9.05. The lowest BCUT2D eigenvalue weighted by atomic mass is 10.3. The van der Waals surface area contributed by atoms with Crippen LogP contribution in [-0.2, 0) is 0 Å². The maximum Gasteiger partial charge on any atom is 0.309 e. The van der Waals surface area contributed by atoms with Crippen molar-refractivity contribution >= 4 is 21.6 Å². The van der Waals surface area contributed by atoms with E-state index in [0.717, 1.165) is 6.07 Å². The second-order valence-electron chi connectivity index (χ2n) is 2.12. The Morgan fingerprint density at radius 1 is 1.75 bits per heavy atom. The molecule has 0 radical (unpaired) electrons. The molecule has 0 saturated heterocycles. The van der Waals surface area contributed by atoms with Crippen molar-refractivity contribution in [1.29, 1.82) is 0 Å². The van der Waals surface area contributed by atoms with Crippen LogP contribution in [0.4, 0.5) is 10.1 Å². The summed E-state index contributed by atoms with van der Waals surface area (Å²) in [5.74, 6) is -0.886. The van der Waals surface area contributed by atoms with Gasteiger partial charge in [0.1, 0.15) is 4.60 Å². The van der Waals surface area contributed by atoms with E-state index in [-0.39, 0.29) is 10.3 Å². The van der Waals surface area contributed by atoms with E-state index in [0.29, 0.717) is 0 Å². The molecule has 0 N–H and O–H groups in total. The van der Waals surface area contributed by atoms with Crippen molar-refractivity contribution in [2.24, 2.45) is 0 Å². The van der Waals surface area contributed by atoms with Gasteiger partial charge in [-0.2, -0.15) is 4.39 Å². The fourth-order valence-electron chi connectivity index (χ4n) is 0.736. The molecule has 0 fully saturated rings. The topological polar surface area (TPSA) is 56.0 Å². The van der Waals surface area contributed by atoms with E-state index < -0.39 is 16.4 Å². The molecule has 4 nitrogen and oxygen atoms in total. The Morgan fingerprint density at radius 3 is 2.83 bits per heavy atom. The van der Waals surface area contributed by atoms with E-state index >= 15 is 0 Å². The number of hydrogen-bond acceptors (Lipinski definition) is 3. The Hall–Kier alpha value is -1.04. The Bertz CT molecular complexity index is 343. The summed E-state index contributed by atoms with van der Waals surface area (Å²) >= 11 is 2.93. The third-order valence-corrected chi connectivity index (χ3v) is 1.68. The SMILES string of the molecule is Cc1nc(Br)cc([N+](=O)[O-])c1F. The van der Waals surface area contributed by atoms with Crippen LogP contribution in [0.3, 0.4) is 0 Å². The highest BCUT2D eigenvalue weighted by Crippen LogP contribution is 2.22. The first-order chi connectivity index (χ1) is 5.52. The third-order valence-electron chi connectivity index (χ3n) is 1.27. The Kier molecular flexibility index (Phi) is 2.37. The quantitative estimate of drug-likeness (QED) is 0.426. The van der Waals surface area contributed by atoms with Crippen LogP contribution in [0.5, 0.6) is 0 Å². The number of nitrogens with zero attached hydrogens (tertiary/aromatic N) is 2. The van der Waals surface area contributed by atoms with E-state index in [1.165, 1.54) is 6.92 Å². The summed E-state index contributed by atoms with van der Waals surface area (Å²) in [5, 5.41) is 10.2. The van der Waals surface area contributed by atoms with Crippen LogP contribution in [0, 0.1) is 22.9 Å². The molecule has 64 valence electrons. The van der Waals surface area contributed by atoms with Crippen LogP contribution in [0.1, 0.15) is 5.69 Å². The maximum absolute atomic E-state index is 12.9. The van der Waals surface area contributed by atoms with Gasteiger partial charge in [-0.3, -0.25) is 10.1 Å². The number of aryl methyl sites for hydroxylation is 1. The number of rotatable bonds is 1. The number of pyridine rings is 1. The fraction of sp³-hybridized carbons (Fsp3) is 0.167. The minimum absolute atomic E-state index is 0.0103.